The summed E-state index contributed by atoms with van der Waals surface area (Å²) >= 11 is 0. The minimum Gasteiger partial charge on any atom is -0.447 e. The zero-order valence-corrected chi connectivity index (χ0v) is 10.8. The highest BCUT2D eigenvalue weighted by Gasteiger charge is 2.23. The number of nitrogens with zero attached hydrogens (tertiary/aromatic N) is 1. The summed E-state index contributed by atoms with van der Waals surface area (Å²) in [5.74, 6) is 0. The molecule has 1 aromatic carbocycles. The first-order chi connectivity index (χ1) is 9.20. The fourth-order valence-electron chi connectivity index (χ4n) is 1.87. The summed E-state index contributed by atoms with van der Waals surface area (Å²) in [6.45, 7) is 3.85. The largest absolute Gasteiger partial charge is 0.447 e. The van der Waals surface area contributed by atoms with Gasteiger partial charge in [0, 0.05) is 18.8 Å². The average molecular weight is 263 g/mol. The minimum atomic E-state index is -0.325. The number of hydrogen-bond donors (Lipinski definition) is 2. The summed E-state index contributed by atoms with van der Waals surface area (Å²) in [5, 5.41) is 5.40. The van der Waals surface area contributed by atoms with Gasteiger partial charge in [0.25, 0.3) is 0 Å². The number of hydrogen-bond acceptors (Lipinski definition) is 3. The highest BCUT2D eigenvalue weighted by atomic mass is 16.6. The molecule has 19 heavy (non-hydrogen) atoms. The molecular weight excluding hydrogens is 246 g/mol. The molecule has 0 aromatic heterocycles. The molecule has 0 atom stereocenters. The number of nitrogens with one attached hydrogen (secondary N) is 2. The molecule has 1 fully saturated rings. The summed E-state index contributed by atoms with van der Waals surface area (Å²) in [5.41, 5.74) is 1.72. The van der Waals surface area contributed by atoms with Gasteiger partial charge < -0.3 is 15.4 Å². The Morgan fingerprint density at radius 2 is 2.26 bits per heavy atom. The zero-order chi connectivity index (χ0) is 13.7. The molecule has 2 N–H and O–H groups in total. The summed E-state index contributed by atoms with van der Waals surface area (Å²) in [4.78, 5) is 24.3. The molecule has 6 nitrogen and oxygen atoms in total. The van der Waals surface area contributed by atoms with Gasteiger partial charge in [-0.3, -0.25) is 4.90 Å². The summed E-state index contributed by atoms with van der Waals surface area (Å²) in [6, 6.07) is 7.28. The molecule has 0 bridgehead atoms. The number of urea groups is 1. The van der Waals surface area contributed by atoms with Gasteiger partial charge in [-0.05, 0) is 24.6 Å². The van der Waals surface area contributed by atoms with Crippen LogP contribution in [0.1, 0.15) is 12.5 Å². The third-order valence-corrected chi connectivity index (χ3v) is 2.77. The van der Waals surface area contributed by atoms with Crippen LogP contribution in [-0.4, -0.2) is 31.8 Å². The minimum absolute atomic E-state index is 0.200. The Hall–Kier alpha value is -2.24. The summed E-state index contributed by atoms with van der Waals surface area (Å²) in [7, 11) is 0. The van der Waals surface area contributed by atoms with E-state index in [1.165, 1.54) is 0 Å². The molecule has 0 radical (unpaired) electrons. The number of amides is 3. The maximum absolute atomic E-state index is 11.5. The van der Waals surface area contributed by atoms with Crippen molar-refractivity contribution in [2.24, 2.45) is 0 Å². The van der Waals surface area contributed by atoms with Crippen molar-refractivity contribution >= 4 is 17.8 Å². The number of anilines is 1. The third kappa shape index (κ3) is 3.37. The second kappa shape index (κ2) is 6.08. The van der Waals surface area contributed by atoms with Crippen LogP contribution in [0.3, 0.4) is 0 Å². The Labute approximate surface area is 111 Å². The first-order valence-electron chi connectivity index (χ1n) is 6.25. The number of ether oxygens (including phenoxy) is 1. The Morgan fingerprint density at radius 3 is 2.95 bits per heavy atom. The monoisotopic (exact) mass is 263 g/mol. The normalized spacial score (nSPS) is 14.2. The van der Waals surface area contributed by atoms with Crippen molar-refractivity contribution in [2.75, 3.05) is 24.6 Å². The maximum Gasteiger partial charge on any atom is 0.414 e. The van der Waals surface area contributed by atoms with Crippen molar-refractivity contribution in [3.05, 3.63) is 29.8 Å². The van der Waals surface area contributed by atoms with Crippen LogP contribution in [0.25, 0.3) is 0 Å². The van der Waals surface area contributed by atoms with Crippen molar-refractivity contribution in [1.29, 1.82) is 0 Å². The van der Waals surface area contributed by atoms with E-state index in [2.05, 4.69) is 10.6 Å². The van der Waals surface area contributed by atoms with Crippen molar-refractivity contribution in [3.63, 3.8) is 0 Å². The van der Waals surface area contributed by atoms with E-state index in [9.17, 15) is 9.59 Å². The smallest absolute Gasteiger partial charge is 0.414 e. The molecular formula is C13H17N3O3. The van der Waals surface area contributed by atoms with Gasteiger partial charge in [0.1, 0.15) is 6.61 Å². The molecule has 2 rings (SSSR count). The van der Waals surface area contributed by atoms with Crippen LogP contribution in [0.2, 0.25) is 0 Å². The van der Waals surface area contributed by atoms with Gasteiger partial charge in [-0.2, -0.15) is 0 Å². The van der Waals surface area contributed by atoms with Crippen molar-refractivity contribution < 1.29 is 14.3 Å². The van der Waals surface area contributed by atoms with E-state index in [1.54, 1.807) is 4.90 Å². The quantitative estimate of drug-likeness (QED) is 0.864. The first-order valence-corrected chi connectivity index (χ1v) is 6.25. The maximum atomic E-state index is 11.5. The number of carbonyl (C=O) groups is 2. The Kier molecular flexibility index (Phi) is 4.22. The molecule has 1 aromatic rings. The van der Waals surface area contributed by atoms with Crippen LogP contribution in [0.15, 0.2) is 24.3 Å². The lowest BCUT2D eigenvalue weighted by molar-refractivity contribution is 0.181. The van der Waals surface area contributed by atoms with Gasteiger partial charge >= 0.3 is 12.1 Å². The van der Waals surface area contributed by atoms with E-state index in [4.69, 9.17) is 4.74 Å². The van der Waals surface area contributed by atoms with Crippen LogP contribution in [-0.2, 0) is 11.3 Å². The molecule has 0 unspecified atom stereocenters. The fraction of sp³-hybridized carbons (Fsp3) is 0.385. The van der Waals surface area contributed by atoms with Gasteiger partial charge in [-0.1, -0.05) is 12.1 Å². The standard InChI is InChI=1S/C13H17N3O3/c1-2-14-12(17)15-9-10-4-3-5-11(8-10)16-6-7-19-13(16)18/h3-5,8H,2,6-7,9H2,1H3,(H2,14,15,17). The highest BCUT2D eigenvalue weighted by Crippen LogP contribution is 2.19. The summed E-state index contributed by atoms with van der Waals surface area (Å²) in [6.07, 6.45) is -0.325. The van der Waals surface area contributed by atoms with Crippen LogP contribution < -0.4 is 15.5 Å². The predicted octanol–water partition coefficient (Wildman–Crippen LogP) is 1.46. The number of benzene rings is 1. The van der Waals surface area contributed by atoms with E-state index >= 15 is 0 Å². The molecule has 102 valence electrons. The van der Waals surface area contributed by atoms with Crippen LogP contribution in [0.5, 0.6) is 0 Å². The fourth-order valence-corrected chi connectivity index (χ4v) is 1.87. The van der Waals surface area contributed by atoms with Crippen LogP contribution >= 0.6 is 0 Å². The third-order valence-electron chi connectivity index (χ3n) is 2.77. The SMILES string of the molecule is CCNC(=O)NCc1cccc(N2CCOC2=O)c1. The molecule has 1 aliphatic heterocycles. The highest BCUT2D eigenvalue weighted by molar-refractivity contribution is 5.89. The van der Waals surface area contributed by atoms with E-state index < -0.39 is 0 Å². The molecule has 1 saturated heterocycles. The molecule has 3 amide bonds. The molecule has 0 spiro atoms. The van der Waals surface area contributed by atoms with Crippen molar-refractivity contribution in [1.82, 2.24) is 10.6 Å². The van der Waals surface area contributed by atoms with E-state index in [1.807, 2.05) is 31.2 Å². The van der Waals surface area contributed by atoms with Crippen molar-refractivity contribution in [3.8, 4) is 0 Å². The number of carbonyl (C=O) groups excluding carboxylic acids is 2. The molecule has 1 heterocycles. The summed E-state index contributed by atoms with van der Waals surface area (Å²) < 4.78 is 4.90. The molecule has 0 aliphatic carbocycles. The Morgan fingerprint density at radius 1 is 1.42 bits per heavy atom. The first kappa shape index (κ1) is 13.2. The van der Waals surface area contributed by atoms with Gasteiger partial charge in [-0.25, -0.2) is 9.59 Å². The van der Waals surface area contributed by atoms with Gasteiger partial charge in [0.05, 0.1) is 6.54 Å². The van der Waals surface area contributed by atoms with Crippen molar-refractivity contribution in [2.45, 2.75) is 13.5 Å². The van der Waals surface area contributed by atoms with Crippen LogP contribution in [0, 0.1) is 0 Å². The lowest BCUT2D eigenvalue weighted by Crippen LogP contribution is -2.34. The molecule has 6 heteroatoms. The van der Waals surface area contributed by atoms with Gasteiger partial charge in [0.15, 0.2) is 0 Å². The van der Waals surface area contributed by atoms with Gasteiger partial charge in [0.2, 0.25) is 0 Å². The average Bonchev–Trinajstić information content (AvgIpc) is 2.83. The van der Waals surface area contributed by atoms with E-state index in [-0.39, 0.29) is 12.1 Å². The molecule has 1 aliphatic rings. The number of rotatable bonds is 4. The second-order valence-electron chi connectivity index (χ2n) is 4.15. The van der Waals surface area contributed by atoms with Crippen LogP contribution in [0.4, 0.5) is 15.3 Å². The number of cyclic esters (lactones) is 1. The van der Waals surface area contributed by atoms with Gasteiger partial charge in [-0.15, -0.1) is 0 Å². The van der Waals surface area contributed by atoms with E-state index in [0.29, 0.717) is 26.2 Å². The zero-order valence-electron chi connectivity index (χ0n) is 10.8. The lowest BCUT2D eigenvalue weighted by atomic mass is 10.2. The predicted molar refractivity (Wildman–Crippen MR) is 71.0 cm³/mol. The topological polar surface area (TPSA) is 70.7 Å². The molecule has 0 saturated carbocycles. The second-order valence-corrected chi connectivity index (χ2v) is 4.15. The lowest BCUT2D eigenvalue weighted by Gasteiger charge is -2.14. The Bertz CT molecular complexity index is 476. The Balaban J connectivity index is 1.99. The van der Waals surface area contributed by atoms with E-state index in [0.717, 1.165) is 11.3 Å².